The number of aromatic hydroxyl groups is 1. The Morgan fingerprint density at radius 3 is 2.64 bits per heavy atom. The molecule has 1 fully saturated rings. The van der Waals surface area contributed by atoms with Gasteiger partial charge in [-0.25, -0.2) is 13.8 Å². The van der Waals surface area contributed by atoms with Crippen LogP contribution in [-0.2, 0) is 0 Å². The van der Waals surface area contributed by atoms with E-state index in [4.69, 9.17) is 5.73 Å². The van der Waals surface area contributed by atoms with Gasteiger partial charge in [-0.15, -0.1) is 0 Å². The van der Waals surface area contributed by atoms with Crippen molar-refractivity contribution in [2.24, 2.45) is 11.7 Å². The second kappa shape index (κ2) is 8.40. The van der Waals surface area contributed by atoms with E-state index in [0.29, 0.717) is 23.3 Å². The van der Waals surface area contributed by atoms with E-state index < -0.39 is 17.4 Å². The fourth-order valence-electron chi connectivity index (χ4n) is 4.80. The number of phenols is 1. The molecular formula is C24H24F2N6O. The molecule has 3 heterocycles. The summed E-state index contributed by atoms with van der Waals surface area (Å²) in [7, 11) is 0. The molecule has 9 heteroatoms. The maximum absolute atomic E-state index is 14.4. The summed E-state index contributed by atoms with van der Waals surface area (Å²) in [6.07, 6.45) is 8.08. The minimum Gasteiger partial charge on any atom is -0.508 e. The Labute approximate surface area is 189 Å². The van der Waals surface area contributed by atoms with Crippen molar-refractivity contribution in [3.63, 3.8) is 0 Å². The minimum absolute atomic E-state index is 0.0806. The smallest absolute Gasteiger partial charge is 0.229 e. The number of halogens is 2. The normalized spacial score (nSPS) is 20.8. The van der Waals surface area contributed by atoms with Gasteiger partial charge in [-0.3, -0.25) is 4.98 Å². The number of aromatic nitrogens is 4. The molecule has 5 rings (SSSR count). The van der Waals surface area contributed by atoms with Crippen LogP contribution >= 0.6 is 0 Å². The largest absolute Gasteiger partial charge is 0.508 e. The van der Waals surface area contributed by atoms with Crippen LogP contribution in [0, 0.1) is 17.6 Å². The number of hydrogen-bond donors (Lipinski definition) is 3. The van der Waals surface area contributed by atoms with Gasteiger partial charge >= 0.3 is 0 Å². The van der Waals surface area contributed by atoms with Crippen molar-refractivity contribution in [2.45, 2.75) is 38.1 Å². The van der Waals surface area contributed by atoms with Crippen LogP contribution < -0.4 is 11.1 Å². The quantitative estimate of drug-likeness (QED) is 0.415. The first-order chi connectivity index (χ1) is 15.9. The van der Waals surface area contributed by atoms with Gasteiger partial charge in [0, 0.05) is 24.4 Å². The molecule has 1 aliphatic rings. The number of imidazole rings is 1. The molecule has 33 heavy (non-hydrogen) atoms. The second-order valence-corrected chi connectivity index (χ2v) is 8.78. The SMILES string of the molecule is CC1CC(N)CC(c2ccncc2Nc2ncc3ccc(-c4c(F)cc(O)cc4F)nn23)C1. The van der Waals surface area contributed by atoms with Crippen LogP contribution in [-0.4, -0.2) is 30.7 Å². The average molecular weight is 450 g/mol. The first-order valence-electron chi connectivity index (χ1n) is 10.9. The van der Waals surface area contributed by atoms with E-state index >= 15 is 0 Å². The third kappa shape index (κ3) is 4.11. The Bertz CT molecular complexity index is 1290. The zero-order valence-electron chi connectivity index (χ0n) is 18.0. The standard InChI is InChI=1S/C24H24F2N6O/c1-13-6-14(8-15(27)7-13)18-4-5-28-12-22(18)30-24-29-11-16-2-3-21(31-32(16)24)23-19(25)9-17(33)10-20(23)26/h2-5,9-15,33H,6-8,27H2,1H3,(H,29,30). The summed E-state index contributed by atoms with van der Waals surface area (Å²) in [6.45, 7) is 2.22. The number of anilines is 2. The summed E-state index contributed by atoms with van der Waals surface area (Å²) in [5.74, 6) is -1.05. The fraction of sp³-hybridized carbons (Fsp3) is 0.292. The highest BCUT2D eigenvalue weighted by molar-refractivity contribution is 5.66. The van der Waals surface area contributed by atoms with Crippen LogP contribution in [0.25, 0.3) is 16.8 Å². The number of fused-ring (bicyclic) bond motifs is 1. The maximum atomic E-state index is 14.4. The maximum Gasteiger partial charge on any atom is 0.229 e. The molecule has 3 unspecified atom stereocenters. The zero-order valence-corrected chi connectivity index (χ0v) is 18.0. The summed E-state index contributed by atoms with van der Waals surface area (Å²) in [5.41, 5.74) is 8.60. The van der Waals surface area contributed by atoms with Gasteiger partial charge in [0.05, 0.1) is 34.9 Å². The van der Waals surface area contributed by atoms with Crippen LogP contribution in [0.5, 0.6) is 5.75 Å². The molecule has 1 saturated carbocycles. The first kappa shape index (κ1) is 21.3. The van der Waals surface area contributed by atoms with Gasteiger partial charge in [-0.2, -0.15) is 9.61 Å². The molecule has 0 bridgehead atoms. The summed E-state index contributed by atoms with van der Waals surface area (Å²) in [5, 5.41) is 17.1. The Morgan fingerprint density at radius 2 is 1.88 bits per heavy atom. The molecule has 0 aliphatic heterocycles. The lowest BCUT2D eigenvalue weighted by atomic mass is 9.76. The third-order valence-electron chi connectivity index (χ3n) is 6.19. The van der Waals surface area contributed by atoms with Crippen molar-refractivity contribution in [1.82, 2.24) is 19.6 Å². The van der Waals surface area contributed by atoms with Crippen molar-refractivity contribution >= 4 is 17.2 Å². The third-order valence-corrected chi connectivity index (χ3v) is 6.19. The summed E-state index contributed by atoms with van der Waals surface area (Å²) in [4.78, 5) is 8.67. The molecule has 170 valence electrons. The molecule has 3 atom stereocenters. The first-order valence-corrected chi connectivity index (χ1v) is 10.9. The number of nitrogens with two attached hydrogens (primary N) is 1. The highest BCUT2D eigenvalue weighted by Crippen LogP contribution is 2.39. The van der Waals surface area contributed by atoms with Crippen molar-refractivity contribution < 1.29 is 13.9 Å². The number of hydrogen-bond acceptors (Lipinski definition) is 6. The van der Waals surface area contributed by atoms with E-state index in [-0.39, 0.29) is 17.3 Å². The number of nitrogens with zero attached hydrogens (tertiary/aromatic N) is 4. The molecule has 0 saturated heterocycles. The highest BCUT2D eigenvalue weighted by atomic mass is 19.1. The predicted molar refractivity (Wildman–Crippen MR) is 121 cm³/mol. The van der Waals surface area contributed by atoms with Gasteiger partial charge in [0.25, 0.3) is 0 Å². The van der Waals surface area contributed by atoms with E-state index in [9.17, 15) is 13.9 Å². The number of phenolic OH excluding ortho intramolecular Hbond substituents is 1. The van der Waals surface area contributed by atoms with Gasteiger partial charge in [0.2, 0.25) is 5.95 Å². The second-order valence-electron chi connectivity index (χ2n) is 8.78. The number of benzene rings is 1. The van der Waals surface area contributed by atoms with Crippen molar-refractivity contribution in [2.75, 3.05) is 5.32 Å². The number of nitrogens with one attached hydrogen (secondary N) is 1. The van der Waals surface area contributed by atoms with E-state index in [1.54, 1.807) is 24.7 Å². The zero-order chi connectivity index (χ0) is 23.1. The van der Waals surface area contributed by atoms with Crippen LogP contribution in [0.1, 0.15) is 37.7 Å². The molecule has 0 spiro atoms. The molecule has 3 aromatic heterocycles. The van der Waals surface area contributed by atoms with Gasteiger partial charge in [0.15, 0.2) is 0 Å². The summed E-state index contributed by atoms with van der Waals surface area (Å²) < 4.78 is 30.3. The molecule has 1 aromatic carbocycles. The van der Waals surface area contributed by atoms with Gasteiger partial charge in [0.1, 0.15) is 17.4 Å². The Kier molecular flexibility index (Phi) is 5.41. The van der Waals surface area contributed by atoms with E-state index in [2.05, 4.69) is 27.3 Å². The van der Waals surface area contributed by atoms with E-state index in [1.807, 2.05) is 6.07 Å². The topological polar surface area (TPSA) is 101 Å². The average Bonchev–Trinajstić information content (AvgIpc) is 3.15. The van der Waals surface area contributed by atoms with E-state index in [1.165, 1.54) is 10.6 Å². The lowest BCUT2D eigenvalue weighted by molar-refractivity contribution is 0.308. The number of rotatable bonds is 4. The lowest BCUT2D eigenvalue weighted by Gasteiger charge is -2.32. The minimum atomic E-state index is -0.897. The molecule has 4 aromatic rings. The van der Waals surface area contributed by atoms with Crippen LogP contribution in [0.3, 0.4) is 0 Å². The van der Waals surface area contributed by atoms with E-state index in [0.717, 1.165) is 42.6 Å². The molecule has 0 radical (unpaired) electrons. The molecule has 7 nitrogen and oxygen atoms in total. The van der Waals surface area contributed by atoms with Gasteiger partial charge < -0.3 is 16.2 Å². The van der Waals surface area contributed by atoms with Gasteiger partial charge in [-0.05, 0) is 54.9 Å². The molecule has 1 aliphatic carbocycles. The molecular weight excluding hydrogens is 426 g/mol. The van der Waals surface area contributed by atoms with Crippen molar-refractivity contribution in [3.8, 4) is 17.0 Å². The predicted octanol–water partition coefficient (Wildman–Crippen LogP) is 4.75. The summed E-state index contributed by atoms with van der Waals surface area (Å²) >= 11 is 0. The van der Waals surface area contributed by atoms with Crippen molar-refractivity contribution in [1.29, 1.82) is 0 Å². The Morgan fingerprint density at radius 1 is 1.09 bits per heavy atom. The monoisotopic (exact) mass is 450 g/mol. The Hall–Kier alpha value is -3.59. The summed E-state index contributed by atoms with van der Waals surface area (Å²) in [6, 6.07) is 7.06. The van der Waals surface area contributed by atoms with Gasteiger partial charge in [-0.1, -0.05) is 6.92 Å². The highest BCUT2D eigenvalue weighted by Gasteiger charge is 2.27. The van der Waals surface area contributed by atoms with Crippen LogP contribution in [0.4, 0.5) is 20.4 Å². The number of pyridine rings is 1. The lowest BCUT2D eigenvalue weighted by Crippen LogP contribution is -2.31. The van der Waals surface area contributed by atoms with Crippen LogP contribution in [0.2, 0.25) is 0 Å². The van der Waals surface area contributed by atoms with Crippen LogP contribution in [0.15, 0.2) is 48.9 Å². The molecule has 4 N–H and O–H groups in total. The molecule has 0 amide bonds. The Balaban J connectivity index is 1.52. The fourth-order valence-corrected chi connectivity index (χ4v) is 4.80. The van der Waals surface area contributed by atoms with Crippen molar-refractivity contribution in [3.05, 3.63) is 66.1 Å².